The molecule has 0 amide bonds. The zero-order chi connectivity index (χ0) is 19.5. The Morgan fingerprint density at radius 3 is 2.57 bits per heavy atom. The maximum Gasteiger partial charge on any atom is 0.114 e. The molecule has 0 saturated carbocycles. The smallest absolute Gasteiger partial charge is 0.114 e. The molecule has 3 aromatic rings. The topological polar surface area (TPSA) is 56.1 Å². The molecule has 0 spiro atoms. The van der Waals surface area contributed by atoms with Gasteiger partial charge in [-0.2, -0.15) is 0 Å². The van der Waals surface area contributed by atoms with E-state index in [1.54, 1.807) is 0 Å². The summed E-state index contributed by atoms with van der Waals surface area (Å²) in [6.45, 7) is 8.47. The van der Waals surface area contributed by atoms with E-state index in [0.29, 0.717) is 0 Å². The molecule has 7 heteroatoms. The summed E-state index contributed by atoms with van der Waals surface area (Å²) in [5.41, 5.74) is 4.95. The van der Waals surface area contributed by atoms with Gasteiger partial charge in [-0.1, -0.05) is 28.9 Å². The van der Waals surface area contributed by atoms with E-state index in [2.05, 4.69) is 52.2 Å². The highest BCUT2D eigenvalue weighted by Gasteiger charge is 2.14. The highest BCUT2D eigenvalue weighted by molar-refractivity contribution is 6.31. The van der Waals surface area contributed by atoms with Gasteiger partial charge < -0.3 is 4.74 Å². The Labute approximate surface area is 170 Å². The van der Waals surface area contributed by atoms with Gasteiger partial charge in [0.15, 0.2) is 0 Å². The summed E-state index contributed by atoms with van der Waals surface area (Å²) in [5, 5.41) is 9.23. The van der Waals surface area contributed by atoms with Crippen molar-refractivity contribution in [2.24, 2.45) is 0 Å². The second-order valence-electron chi connectivity index (χ2n) is 7.33. The SMILES string of the molecule is CC(C)n1cc(-c2cncc(-c3ccc(CN4CCOCC4)c(Cl)c3)c2)nn1. The largest absolute Gasteiger partial charge is 0.379 e. The third kappa shape index (κ3) is 4.24. The summed E-state index contributed by atoms with van der Waals surface area (Å²) in [7, 11) is 0. The number of benzene rings is 1. The average molecular weight is 398 g/mol. The van der Waals surface area contributed by atoms with Gasteiger partial charge in [0, 0.05) is 54.2 Å². The summed E-state index contributed by atoms with van der Waals surface area (Å²) in [5.74, 6) is 0. The van der Waals surface area contributed by atoms with Crippen LogP contribution in [-0.2, 0) is 11.3 Å². The fourth-order valence-electron chi connectivity index (χ4n) is 3.25. The van der Waals surface area contributed by atoms with Crippen molar-refractivity contribution in [1.29, 1.82) is 0 Å². The van der Waals surface area contributed by atoms with Crippen molar-refractivity contribution in [3.05, 3.63) is 53.4 Å². The Balaban J connectivity index is 1.56. The first-order valence-electron chi connectivity index (χ1n) is 9.56. The molecule has 0 aliphatic carbocycles. The van der Waals surface area contributed by atoms with Crippen LogP contribution in [0.4, 0.5) is 0 Å². The lowest BCUT2D eigenvalue weighted by atomic mass is 10.0. The number of hydrogen-bond donors (Lipinski definition) is 0. The number of ether oxygens (including phenoxy) is 1. The first-order valence-corrected chi connectivity index (χ1v) is 9.94. The Morgan fingerprint density at radius 1 is 1.07 bits per heavy atom. The van der Waals surface area contributed by atoms with Crippen LogP contribution in [0.5, 0.6) is 0 Å². The van der Waals surface area contributed by atoms with E-state index in [1.807, 2.05) is 29.3 Å². The standard InChI is InChI=1S/C21H24ClN5O/c1-15(2)27-14-21(24-25-27)19-9-18(11-23-12-19)16-3-4-17(20(22)10-16)13-26-5-7-28-8-6-26/h3-4,9-12,14-15H,5-8,13H2,1-2H3. The minimum absolute atomic E-state index is 0.273. The molecule has 0 unspecified atom stereocenters. The zero-order valence-corrected chi connectivity index (χ0v) is 16.9. The average Bonchev–Trinajstić information content (AvgIpc) is 3.21. The van der Waals surface area contributed by atoms with Gasteiger partial charge in [-0.3, -0.25) is 9.88 Å². The normalized spacial score (nSPS) is 15.3. The molecule has 1 aliphatic heterocycles. The van der Waals surface area contributed by atoms with Crippen molar-refractivity contribution in [2.75, 3.05) is 26.3 Å². The molecule has 1 aliphatic rings. The molecule has 0 bridgehead atoms. The van der Waals surface area contributed by atoms with E-state index in [9.17, 15) is 0 Å². The van der Waals surface area contributed by atoms with Crippen molar-refractivity contribution in [1.82, 2.24) is 24.9 Å². The first-order chi connectivity index (χ1) is 13.6. The fourth-order valence-corrected chi connectivity index (χ4v) is 3.49. The summed E-state index contributed by atoms with van der Waals surface area (Å²) in [6, 6.07) is 8.58. The third-order valence-corrected chi connectivity index (χ3v) is 5.31. The first kappa shape index (κ1) is 19.1. The lowest BCUT2D eigenvalue weighted by molar-refractivity contribution is 0.0342. The van der Waals surface area contributed by atoms with Crippen LogP contribution >= 0.6 is 11.6 Å². The third-order valence-electron chi connectivity index (χ3n) is 4.96. The van der Waals surface area contributed by atoms with Gasteiger partial charge in [-0.25, -0.2) is 4.68 Å². The van der Waals surface area contributed by atoms with Crippen LogP contribution in [0.25, 0.3) is 22.4 Å². The summed E-state index contributed by atoms with van der Waals surface area (Å²) in [4.78, 5) is 6.76. The van der Waals surface area contributed by atoms with Crippen molar-refractivity contribution in [2.45, 2.75) is 26.4 Å². The Hall–Kier alpha value is -2.28. The summed E-state index contributed by atoms with van der Waals surface area (Å²) in [6.07, 6.45) is 5.61. The predicted octanol–water partition coefficient (Wildman–Crippen LogP) is 4.07. The van der Waals surface area contributed by atoms with E-state index in [4.69, 9.17) is 16.3 Å². The lowest BCUT2D eigenvalue weighted by Crippen LogP contribution is -2.35. The predicted molar refractivity (Wildman–Crippen MR) is 110 cm³/mol. The van der Waals surface area contributed by atoms with E-state index < -0.39 is 0 Å². The number of nitrogens with zero attached hydrogens (tertiary/aromatic N) is 5. The molecule has 146 valence electrons. The van der Waals surface area contributed by atoms with Gasteiger partial charge >= 0.3 is 0 Å². The van der Waals surface area contributed by atoms with Crippen LogP contribution in [-0.4, -0.2) is 51.2 Å². The van der Waals surface area contributed by atoms with E-state index in [0.717, 1.165) is 65.8 Å². The quantitative estimate of drug-likeness (QED) is 0.649. The van der Waals surface area contributed by atoms with Gasteiger partial charge in [0.1, 0.15) is 5.69 Å². The number of rotatable bonds is 5. The molecule has 1 fully saturated rings. The van der Waals surface area contributed by atoms with Crippen molar-refractivity contribution >= 4 is 11.6 Å². The van der Waals surface area contributed by atoms with Crippen LogP contribution in [0.2, 0.25) is 5.02 Å². The summed E-state index contributed by atoms with van der Waals surface area (Å²) < 4.78 is 7.26. The number of aromatic nitrogens is 4. The van der Waals surface area contributed by atoms with Crippen molar-refractivity contribution < 1.29 is 4.74 Å². The molecule has 1 saturated heterocycles. The van der Waals surface area contributed by atoms with Gasteiger partial charge in [0.2, 0.25) is 0 Å². The number of pyridine rings is 1. The fraction of sp³-hybridized carbons (Fsp3) is 0.381. The highest BCUT2D eigenvalue weighted by atomic mass is 35.5. The second kappa shape index (κ2) is 8.39. The van der Waals surface area contributed by atoms with Crippen LogP contribution in [0.1, 0.15) is 25.5 Å². The molecular weight excluding hydrogens is 374 g/mol. The molecule has 6 nitrogen and oxygen atoms in total. The van der Waals surface area contributed by atoms with Gasteiger partial charge in [0.05, 0.1) is 19.4 Å². The van der Waals surface area contributed by atoms with Crippen LogP contribution in [0.15, 0.2) is 42.9 Å². The molecule has 4 rings (SSSR count). The number of morpholine rings is 1. The van der Waals surface area contributed by atoms with Crippen LogP contribution < -0.4 is 0 Å². The molecule has 0 N–H and O–H groups in total. The van der Waals surface area contributed by atoms with Crippen LogP contribution in [0.3, 0.4) is 0 Å². The summed E-state index contributed by atoms with van der Waals surface area (Å²) >= 11 is 6.59. The van der Waals surface area contributed by atoms with E-state index in [1.165, 1.54) is 0 Å². The maximum atomic E-state index is 6.59. The van der Waals surface area contributed by atoms with Gasteiger partial charge in [0.25, 0.3) is 0 Å². The maximum absolute atomic E-state index is 6.59. The lowest BCUT2D eigenvalue weighted by Gasteiger charge is -2.27. The van der Waals surface area contributed by atoms with Crippen LogP contribution in [0, 0.1) is 0 Å². The minimum atomic E-state index is 0.273. The van der Waals surface area contributed by atoms with E-state index in [-0.39, 0.29) is 6.04 Å². The number of halogens is 1. The zero-order valence-electron chi connectivity index (χ0n) is 16.2. The second-order valence-corrected chi connectivity index (χ2v) is 7.74. The Kier molecular flexibility index (Phi) is 5.71. The molecular formula is C21H24ClN5O. The monoisotopic (exact) mass is 397 g/mol. The van der Waals surface area contributed by atoms with Gasteiger partial charge in [-0.15, -0.1) is 5.10 Å². The van der Waals surface area contributed by atoms with Crippen molar-refractivity contribution in [3.63, 3.8) is 0 Å². The van der Waals surface area contributed by atoms with E-state index >= 15 is 0 Å². The molecule has 0 atom stereocenters. The highest BCUT2D eigenvalue weighted by Crippen LogP contribution is 2.29. The molecule has 3 heterocycles. The Bertz CT molecular complexity index is 949. The Morgan fingerprint density at radius 2 is 1.86 bits per heavy atom. The minimum Gasteiger partial charge on any atom is -0.379 e. The molecule has 2 aromatic heterocycles. The molecule has 1 aromatic carbocycles. The van der Waals surface area contributed by atoms with Crippen molar-refractivity contribution in [3.8, 4) is 22.4 Å². The number of hydrogen-bond acceptors (Lipinski definition) is 5. The molecule has 28 heavy (non-hydrogen) atoms. The molecule has 0 radical (unpaired) electrons. The van der Waals surface area contributed by atoms with Gasteiger partial charge in [-0.05, 0) is 37.1 Å².